The lowest BCUT2D eigenvalue weighted by Crippen LogP contribution is -2.33. The number of rotatable bonds is 8. The molecular formula is C10H22N2O4S. The summed E-state index contributed by atoms with van der Waals surface area (Å²) in [6, 6.07) is -1.04. The standard InChI is InChI=1S/C10H22N2O4S/c1-10(2,16-3)5-7-17(12,15)6-4-8(11)9(13)14/h8,12H,4-7,11H2,1-3H3,(H,13,14)/t8-,17?/m0/s1. The molecule has 0 aromatic rings. The van der Waals surface area contributed by atoms with Crippen LogP contribution in [0.3, 0.4) is 0 Å². The fourth-order valence-corrected chi connectivity index (χ4v) is 2.72. The first kappa shape index (κ1) is 16.3. The number of carboxylic acid groups (broad SMARTS) is 1. The van der Waals surface area contributed by atoms with Crippen LogP contribution < -0.4 is 5.73 Å². The third kappa shape index (κ3) is 7.30. The van der Waals surface area contributed by atoms with Crippen LogP contribution in [-0.4, -0.2) is 45.5 Å². The summed E-state index contributed by atoms with van der Waals surface area (Å²) in [5, 5.41) is 8.58. The second-order valence-electron chi connectivity index (χ2n) is 4.67. The average molecular weight is 266 g/mol. The van der Waals surface area contributed by atoms with E-state index in [9.17, 15) is 9.00 Å². The van der Waals surface area contributed by atoms with E-state index in [1.54, 1.807) is 7.11 Å². The van der Waals surface area contributed by atoms with E-state index in [-0.39, 0.29) is 17.9 Å². The van der Waals surface area contributed by atoms with Crippen molar-refractivity contribution in [2.45, 2.75) is 38.3 Å². The maximum atomic E-state index is 11.8. The zero-order valence-corrected chi connectivity index (χ0v) is 11.4. The monoisotopic (exact) mass is 266 g/mol. The van der Waals surface area contributed by atoms with Gasteiger partial charge in [-0.2, -0.15) is 0 Å². The van der Waals surface area contributed by atoms with Gasteiger partial charge in [-0.05, 0) is 26.7 Å². The second kappa shape index (κ2) is 6.32. The minimum Gasteiger partial charge on any atom is -0.480 e. The van der Waals surface area contributed by atoms with Crippen LogP contribution in [0.4, 0.5) is 0 Å². The molecule has 0 rings (SSSR count). The van der Waals surface area contributed by atoms with E-state index in [0.29, 0.717) is 6.42 Å². The fraction of sp³-hybridized carbons (Fsp3) is 0.900. The Kier molecular flexibility index (Phi) is 6.08. The number of aliphatic carboxylic acids is 1. The van der Waals surface area contributed by atoms with Gasteiger partial charge in [0.15, 0.2) is 0 Å². The van der Waals surface area contributed by atoms with Crippen LogP contribution in [0.1, 0.15) is 26.7 Å². The molecule has 0 saturated heterocycles. The van der Waals surface area contributed by atoms with Gasteiger partial charge in [-0.15, -0.1) is 0 Å². The van der Waals surface area contributed by atoms with Crippen molar-refractivity contribution in [1.82, 2.24) is 0 Å². The summed E-state index contributed by atoms with van der Waals surface area (Å²) >= 11 is 0. The highest BCUT2D eigenvalue weighted by atomic mass is 32.2. The summed E-state index contributed by atoms with van der Waals surface area (Å²) in [5.74, 6) is -0.919. The molecule has 0 spiro atoms. The van der Waals surface area contributed by atoms with Gasteiger partial charge >= 0.3 is 5.97 Å². The van der Waals surface area contributed by atoms with Gasteiger partial charge in [-0.25, -0.2) is 4.21 Å². The Morgan fingerprint density at radius 1 is 1.53 bits per heavy atom. The van der Waals surface area contributed by atoms with E-state index in [0.717, 1.165) is 0 Å². The summed E-state index contributed by atoms with van der Waals surface area (Å²) in [5.41, 5.74) is 4.88. The van der Waals surface area contributed by atoms with Crippen molar-refractivity contribution in [3.63, 3.8) is 0 Å². The van der Waals surface area contributed by atoms with E-state index in [1.807, 2.05) is 13.8 Å². The average Bonchev–Trinajstić information content (AvgIpc) is 2.23. The van der Waals surface area contributed by atoms with Crippen molar-refractivity contribution >= 4 is 15.7 Å². The van der Waals surface area contributed by atoms with Crippen LogP contribution in [-0.2, 0) is 19.3 Å². The van der Waals surface area contributed by atoms with E-state index in [2.05, 4.69) is 0 Å². The minimum absolute atomic E-state index is 0.0141. The van der Waals surface area contributed by atoms with Crippen LogP contribution in [0.25, 0.3) is 0 Å². The third-order valence-corrected chi connectivity index (χ3v) is 4.42. The van der Waals surface area contributed by atoms with Crippen LogP contribution in [0.15, 0.2) is 0 Å². The molecular weight excluding hydrogens is 244 g/mol. The predicted molar refractivity (Wildman–Crippen MR) is 66.5 cm³/mol. The van der Waals surface area contributed by atoms with Gasteiger partial charge in [-0.1, -0.05) is 0 Å². The molecule has 0 amide bonds. The van der Waals surface area contributed by atoms with E-state index >= 15 is 0 Å². The Bertz CT molecular complexity index is 351. The van der Waals surface area contributed by atoms with Crippen molar-refractivity contribution in [2.75, 3.05) is 18.6 Å². The SMILES string of the molecule is COC(C)(C)CCS(=N)(=O)CC[C@H](N)C(=O)O. The highest BCUT2D eigenvalue weighted by molar-refractivity contribution is 7.92. The first-order chi connectivity index (χ1) is 7.59. The van der Waals surface area contributed by atoms with Gasteiger partial charge in [0.2, 0.25) is 0 Å². The number of nitrogens with one attached hydrogen (secondary N) is 1. The van der Waals surface area contributed by atoms with E-state index in [4.69, 9.17) is 20.4 Å². The van der Waals surface area contributed by atoms with E-state index < -0.39 is 27.3 Å². The van der Waals surface area contributed by atoms with Gasteiger partial charge < -0.3 is 15.6 Å². The van der Waals surface area contributed by atoms with Crippen molar-refractivity contribution in [1.29, 1.82) is 4.78 Å². The van der Waals surface area contributed by atoms with Crippen LogP contribution in [0, 0.1) is 4.78 Å². The molecule has 17 heavy (non-hydrogen) atoms. The topological polar surface area (TPSA) is 113 Å². The molecule has 0 fully saturated rings. The number of nitrogens with two attached hydrogens (primary N) is 1. The largest absolute Gasteiger partial charge is 0.480 e. The predicted octanol–water partition coefficient (Wildman–Crippen LogP) is 0.650. The molecule has 0 aromatic carbocycles. The molecule has 0 heterocycles. The van der Waals surface area contributed by atoms with Gasteiger partial charge in [0.25, 0.3) is 0 Å². The minimum atomic E-state index is -2.78. The Morgan fingerprint density at radius 2 is 2.06 bits per heavy atom. The molecule has 1 unspecified atom stereocenters. The summed E-state index contributed by atoms with van der Waals surface area (Å²) in [7, 11) is -1.22. The van der Waals surface area contributed by atoms with Gasteiger partial charge in [0.1, 0.15) is 6.04 Å². The zero-order chi connectivity index (χ0) is 13.7. The van der Waals surface area contributed by atoms with Crippen LogP contribution in [0.2, 0.25) is 0 Å². The maximum Gasteiger partial charge on any atom is 0.320 e. The smallest absolute Gasteiger partial charge is 0.320 e. The lowest BCUT2D eigenvalue weighted by molar-refractivity contribution is -0.138. The molecule has 0 saturated carbocycles. The molecule has 0 aliphatic heterocycles. The van der Waals surface area contributed by atoms with Crippen LogP contribution >= 0.6 is 0 Å². The Hall–Kier alpha value is -0.660. The molecule has 7 heteroatoms. The van der Waals surface area contributed by atoms with E-state index in [1.165, 1.54) is 0 Å². The molecule has 6 nitrogen and oxygen atoms in total. The molecule has 102 valence electrons. The highest BCUT2D eigenvalue weighted by Gasteiger charge is 2.21. The summed E-state index contributed by atoms with van der Waals surface area (Å²) in [4.78, 5) is 10.5. The summed E-state index contributed by atoms with van der Waals surface area (Å²) < 4.78 is 24.6. The Morgan fingerprint density at radius 3 is 2.47 bits per heavy atom. The second-order valence-corrected chi connectivity index (χ2v) is 7.11. The van der Waals surface area contributed by atoms with Crippen molar-refractivity contribution < 1.29 is 18.8 Å². The number of hydrogen-bond donors (Lipinski definition) is 3. The quantitative estimate of drug-likeness (QED) is 0.597. The number of methoxy groups -OCH3 is 1. The highest BCUT2D eigenvalue weighted by Crippen LogP contribution is 2.15. The molecule has 0 aliphatic rings. The Balaban J connectivity index is 4.19. The number of carbonyl (C=O) groups is 1. The third-order valence-electron chi connectivity index (χ3n) is 2.66. The summed E-state index contributed by atoms with van der Waals surface area (Å²) in [6.45, 7) is 3.71. The van der Waals surface area contributed by atoms with Gasteiger partial charge in [0.05, 0.1) is 5.60 Å². The molecule has 0 radical (unpaired) electrons. The summed E-state index contributed by atoms with van der Waals surface area (Å²) in [6.07, 6.45) is 0.555. The normalized spacial score (nSPS) is 17.4. The molecule has 2 atom stereocenters. The molecule has 0 aromatic heterocycles. The van der Waals surface area contributed by atoms with Crippen LogP contribution in [0.5, 0.6) is 0 Å². The first-order valence-corrected chi connectivity index (χ1v) is 7.27. The van der Waals surface area contributed by atoms with Gasteiger partial charge in [0, 0.05) is 28.3 Å². The zero-order valence-electron chi connectivity index (χ0n) is 10.6. The van der Waals surface area contributed by atoms with Crippen molar-refractivity contribution in [3.8, 4) is 0 Å². The fourth-order valence-electron chi connectivity index (χ4n) is 1.06. The first-order valence-electron chi connectivity index (χ1n) is 5.37. The van der Waals surface area contributed by atoms with Crippen molar-refractivity contribution in [3.05, 3.63) is 0 Å². The molecule has 4 N–H and O–H groups in total. The van der Waals surface area contributed by atoms with Crippen molar-refractivity contribution in [2.24, 2.45) is 5.73 Å². The van der Waals surface area contributed by atoms with Gasteiger partial charge in [-0.3, -0.25) is 9.57 Å². The number of carboxylic acids is 1. The maximum absolute atomic E-state index is 11.8. The molecule has 0 aliphatic carbocycles. The number of ether oxygens (including phenoxy) is 1. The lowest BCUT2D eigenvalue weighted by atomic mass is 10.1. The number of hydrogen-bond acceptors (Lipinski definition) is 5. The Labute approximate surface area is 103 Å². The molecule has 0 bridgehead atoms. The lowest BCUT2D eigenvalue weighted by Gasteiger charge is -2.23.